The Labute approximate surface area is 233 Å². The van der Waals surface area contributed by atoms with Gasteiger partial charge in [0.25, 0.3) is 5.56 Å². The molecule has 1 aromatic heterocycles. The van der Waals surface area contributed by atoms with Crippen molar-refractivity contribution in [3.8, 4) is 0 Å². The SMILES string of the molecule is Cc1nc2cccc(NCc3ccc(CN[C@H]4[C@@H]5CC6C[C@@H](C5)C[C@@H]4C6)cc3)c2c(=O)n1C1CCC(=O)NC1=O. The van der Waals surface area contributed by atoms with Gasteiger partial charge >= 0.3 is 0 Å². The second-order valence-corrected chi connectivity index (χ2v) is 12.5. The summed E-state index contributed by atoms with van der Waals surface area (Å²) in [6.45, 7) is 3.20. The molecule has 4 aliphatic carbocycles. The minimum atomic E-state index is -0.741. The van der Waals surface area contributed by atoms with E-state index in [9.17, 15) is 14.4 Å². The van der Waals surface area contributed by atoms with Crippen LogP contribution in [0.1, 0.15) is 67.9 Å². The number of piperidine rings is 1. The third-order valence-electron chi connectivity index (χ3n) is 9.90. The van der Waals surface area contributed by atoms with Crippen LogP contribution in [0.3, 0.4) is 0 Å². The number of hydrogen-bond donors (Lipinski definition) is 3. The van der Waals surface area contributed by atoms with Crippen molar-refractivity contribution in [3.05, 3.63) is 69.8 Å². The Morgan fingerprint density at radius 3 is 2.25 bits per heavy atom. The molecule has 40 heavy (non-hydrogen) atoms. The van der Waals surface area contributed by atoms with Gasteiger partial charge in [-0.25, -0.2) is 4.98 Å². The van der Waals surface area contributed by atoms with Gasteiger partial charge in [-0.2, -0.15) is 0 Å². The van der Waals surface area contributed by atoms with Gasteiger partial charge in [0, 0.05) is 31.2 Å². The highest BCUT2D eigenvalue weighted by atomic mass is 16.2. The Balaban J connectivity index is 1.04. The molecule has 3 N–H and O–H groups in total. The predicted octanol–water partition coefficient (Wildman–Crippen LogP) is 4.21. The smallest absolute Gasteiger partial charge is 0.264 e. The van der Waals surface area contributed by atoms with Crippen LogP contribution in [0.25, 0.3) is 10.9 Å². The first-order valence-electron chi connectivity index (χ1n) is 14.8. The molecule has 208 valence electrons. The summed E-state index contributed by atoms with van der Waals surface area (Å²) in [7, 11) is 0. The third-order valence-corrected chi connectivity index (χ3v) is 9.90. The first-order valence-corrected chi connectivity index (χ1v) is 14.8. The number of aromatic nitrogens is 2. The van der Waals surface area contributed by atoms with E-state index >= 15 is 0 Å². The van der Waals surface area contributed by atoms with Gasteiger partial charge in [0.1, 0.15) is 11.9 Å². The van der Waals surface area contributed by atoms with Crippen molar-refractivity contribution >= 4 is 28.4 Å². The summed E-state index contributed by atoms with van der Waals surface area (Å²) in [5.41, 5.74) is 3.42. The van der Waals surface area contributed by atoms with Crippen LogP contribution in [0.5, 0.6) is 0 Å². The zero-order chi connectivity index (χ0) is 27.4. The van der Waals surface area contributed by atoms with Gasteiger partial charge in [0.05, 0.1) is 10.9 Å². The summed E-state index contributed by atoms with van der Waals surface area (Å²) in [5.74, 6) is 3.44. The minimum absolute atomic E-state index is 0.203. The number of fused-ring (bicyclic) bond motifs is 1. The zero-order valence-electron chi connectivity index (χ0n) is 23.0. The van der Waals surface area contributed by atoms with Crippen LogP contribution in [-0.2, 0) is 22.7 Å². The van der Waals surface area contributed by atoms with Crippen LogP contribution in [0, 0.1) is 30.6 Å². The van der Waals surface area contributed by atoms with Crippen molar-refractivity contribution in [2.75, 3.05) is 5.32 Å². The van der Waals surface area contributed by atoms with E-state index in [1.807, 2.05) is 18.2 Å². The van der Waals surface area contributed by atoms with Crippen LogP contribution in [0.15, 0.2) is 47.3 Å². The van der Waals surface area contributed by atoms with Crippen molar-refractivity contribution in [1.29, 1.82) is 0 Å². The Hall–Kier alpha value is -3.52. The van der Waals surface area contributed by atoms with Gasteiger partial charge < -0.3 is 10.6 Å². The summed E-state index contributed by atoms with van der Waals surface area (Å²) in [6.07, 6.45) is 7.69. The lowest BCUT2D eigenvalue weighted by Crippen LogP contribution is -2.54. The topological polar surface area (TPSA) is 105 Å². The van der Waals surface area contributed by atoms with Crippen molar-refractivity contribution in [3.63, 3.8) is 0 Å². The van der Waals surface area contributed by atoms with Crippen molar-refractivity contribution in [1.82, 2.24) is 20.2 Å². The monoisotopic (exact) mass is 539 g/mol. The van der Waals surface area contributed by atoms with E-state index < -0.39 is 11.9 Å². The number of carbonyl (C=O) groups excluding carboxylic acids is 2. The van der Waals surface area contributed by atoms with Crippen LogP contribution >= 0.6 is 0 Å². The van der Waals surface area contributed by atoms with E-state index in [0.29, 0.717) is 41.4 Å². The molecule has 8 rings (SSSR count). The van der Waals surface area contributed by atoms with Crippen LogP contribution in [0.4, 0.5) is 5.69 Å². The van der Waals surface area contributed by atoms with Crippen LogP contribution in [0.2, 0.25) is 0 Å². The van der Waals surface area contributed by atoms with Gasteiger partial charge in [-0.3, -0.25) is 24.3 Å². The number of anilines is 1. The number of rotatable bonds is 7. The van der Waals surface area contributed by atoms with Crippen molar-refractivity contribution < 1.29 is 9.59 Å². The fraction of sp³-hybridized carbons (Fsp3) is 0.500. The lowest BCUT2D eigenvalue weighted by atomic mass is 9.54. The third kappa shape index (κ3) is 4.62. The number of benzene rings is 2. The Kier molecular flexibility index (Phi) is 6.45. The van der Waals surface area contributed by atoms with E-state index in [1.165, 1.54) is 42.2 Å². The van der Waals surface area contributed by atoms with Crippen molar-refractivity contribution in [2.45, 2.75) is 77.0 Å². The fourth-order valence-electron chi connectivity index (χ4n) is 8.26. The fourth-order valence-corrected chi connectivity index (χ4v) is 8.26. The minimum Gasteiger partial charge on any atom is -0.380 e. The standard InChI is InChI=1S/C32H37N5O3/c1-18-35-26-4-2-3-25(29(26)32(40)37(18)27-9-10-28(38)36-31(27)39)33-16-19-5-7-20(8-6-19)17-34-30-23-12-21-11-22(14-23)15-24(30)13-21/h2-8,21-24,27,30,33-34H,9-17H2,1H3,(H,36,38,39)/t21-,22?,23-,24+,27?,30-. The summed E-state index contributed by atoms with van der Waals surface area (Å²) >= 11 is 0. The first kappa shape index (κ1) is 25.4. The summed E-state index contributed by atoms with van der Waals surface area (Å²) in [5, 5.41) is 10.2. The van der Waals surface area contributed by atoms with Gasteiger partial charge in [-0.1, -0.05) is 30.3 Å². The van der Waals surface area contributed by atoms with Crippen molar-refractivity contribution in [2.24, 2.45) is 23.7 Å². The largest absolute Gasteiger partial charge is 0.380 e. The maximum atomic E-state index is 13.7. The zero-order valence-corrected chi connectivity index (χ0v) is 23.0. The molecule has 1 aliphatic heterocycles. The second kappa shape index (κ2) is 10.1. The van der Waals surface area contributed by atoms with Crippen LogP contribution < -0.4 is 21.5 Å². The number of amides is 2. The number of carbonyl (C=O) groups is 2. The maximum Gasteiger partial charge on any atom is 0.264 e. The average molecular weight is 540 g/mol. The van der Waals surface area contributed by atoms with E-state index in [1.54, 1.807) is 6.92 Å². The molecule has 0 radical (unpaired) electrons. The molecule has 4 saturated carbocycles. The molecule has 1 unspecified atom stereocenters. The number of nitrogens with zero attached hydrogens (tertiary/aromatic N) is 2. The molecule has 0 spiro atoms. The maximum absolute atomic E-state index is 13.7. The first-order chi connectivity index (χ1) is 19.4. The summed E-state index contributed by atoms with van der Waals surface area (Å²) < 4.78 is 1.43. The Morgan fingerprint density at radius 1 is 0.900 bits per heavy atom. The summed E-state index contributed by atoms with van der Waals surface area (Å²) in [4.78, 5) is 42.5. The average Bonchev–Trinajstić information content (AvgIpc) is 2.92. The molecule has 2 amide bonds. The molecule has 5 fully saturated rings. The second-order valence-electron chi connectivity index (χ2n) is 12.5. The number of imide groups is 1. The molecule has 1 saturated heterocycles. The molecular weight excluding hydrogens is 502 g/mol. The highest BCUT2D eigenvalue weighted by Crippen LogP contribution is 2.53. The van der Waals surface area contributed by atoms with Gasteiger partial charge in [-0.05, 0) is 92.4 Å². The van der Waals surface area contributed by atoms with E-state index in [2.05, 4.69) is 45.2 Å². The lowest BCUT2D eigenvalue weighted by molar-refractivity contribution is -0.135. The predicted molar refractivity (Wildman–Crippen MR) is 154 cm³/mol. The Bertz CT molecular complexity index is 1500. The number of hydrogen-bond acceptors (Lipinski definition) is 6. The van der Waals surface area contributed by atoms with E-state index in [-0.39, 0.29) is 17.9 Å². The Morgan fingerprint density at radius 2 is 1.57 bits per heavy atom. The molecular formula is C32H37N5O3. The molecule has 1 atom stereocenters. The van der Waals surface area contributed by atoms with E-state index in [4.69, 9.17) is 0 Å². The molecule has 5 aliphatic rings. The highest BCUT2D eigenvalue weighted by molar-refractivity contribution is 5.99. The highest BCUT2D eigenvalue weighted by Gasteiger charge is 2.47. The quantitative estimate of drug-likeness (QED) is 0.389. The van der Waals surface area contributed by atoms with Gasteiger partial charge in [-0.15, -0.1) is 0 Å². The van der Waals surface area contributed by atoms with Crippen LogP contribution in [-0.4, -0.2) is 27.4 Å². The molecule has 4 bridgehead atoms. The molecule has 3 aromatic rings. The van der Waals surface area contributed by atoms with Gasteiger partial charge in [0.15, 0.2) is 0 Å². The normalized spacial score (nSPS) is 29.1. The van der Waals surface area contributed by atoms with E-state index in [0.717, 1.165) is 35.8 Å². The molecule has 2 aromatic carbocycles. The number of nitrogens with one attached hydrogen (secondary N) is 3. The molecule has 2 heterocycles. The lowest BCUT2D eigenvalue weighted by Gasteiger charge is -2.54. The molecule has 8 heteroatoms. The number of aryl methyl sites for hydroxylation is 1. The molecule has 8 nitrogen and oxygen atoms in total. The summed E-state index contributed by atoms with van der Waals surface area (Å²) in [6, 6.07) is 14.2. The van der Waals surface area contributed by atoms with Gasteiger partial charge in [0.2, 0.25) is 11.8 Å².